The second-order valence-electron chi connectivity index (χ2n) is 13.6. The SMILES string of the molecule is CC1(C)c2ccccc2-c2ccc(N(c3ccc4c(c3)C(C)(C)c3ccccc3-4)c3nc4ccccc4c4ccccc34)cc21. The molecule has 0 atom stereocenters. The predicted octanol–water partition coefficient (Wildman–Crippen LogP) is 11.5. The van der Waals surface area contributed by atoms with Gasteiger partial charge in [0.25, 0.3) is 0 Å². The summed E-state index contributed by atoms with van der Waals surface area (Å²) in [5.74, 6) is 0.950. The highest BCUT2D eigenvalue weighted by molar-refractivity contribution is 6.11. The Labute approximate surface area is 264 Å². The lowest BCUT2D eigenvalue weighted by molar-refractivity contribution is 0.660. The zero-order chi connectivity index (χ0) is 30.5. The predicted molar refractivity (Wildman–Crippen MR) is 189 cm³/mol. The minimum atomic E-state index is -0.103. The monoisotopic (exact) mass is 578 g/mol. The van der Waals surface area contributed by atoms with E-state index in [9.17, 15) is 0 Å². The fourth-order valence-electron chi connectivity index (χ4n) is 8.11. The minimum Gasteiger partial charge on any atom is -0.294 e. The number of rotatable bonds is 3. The van der Waals surface area contributed by atoms with Crippen LogP contribution in [0.2, 0.25) is 0 Å². The van der Waals surface area contributed by atoms with E-state index in [0.29, 0.717) is 0 Å². The van der Waals surface area contributed by atoms with Gasteiger partial charge in [-0.2, -0.15) is 0 Å². The molecule has 0 unspecified atom stereocenters. The molecule has 0 aliphatic heterocycles. The number of pyridine rings is 1. The van der Waals surface area contributed by atoms with Crippen molar-refractivity contribution in [2.45, 2.75) is 38.5 Å². The van der Waals surface area contributed by atoms with Crippen LogP contribution in [-0.4, -0.2) is 4.98 Å². The number of anilines is 3. The Kier molecular flexibility index (Phi) is 5.33. The summed E-state index contributed by atoms with van der Waals surface area (Å²) in [6.45, 7) is 9.41. The molecule has 0 fully saturated rings. The molecule has 1 heterocycles. The van der Waals surface area contributed by atoms with Crippen LogP contribution in [0, 0.1) is 0 Å². The second-order valence-corrected chi connectivity index (χ2v) is 13.6. The van der Waals surface area contributed by atoms with Crippen molar-refractivity contribution < 1.29 is 0 Å². The average molecular weight is 579 g/mol. The number of aromatic nitrogens is 1. The highest BCUT2D eigenvalue weighted by Crippen LogP contribution is 2.53. The van der Waals surface area contributed by atoms with Gasteiger partial charge in [0.05, 0.1) is 5.52 Å². The van der Waals surface area contributed by atoms with E-state index in [1.807, 2.05) is 0 Å². The number of fused-ring (bicyclic) bond motifs is 9. The molecule has 2 nitrogen and oxygen atoms in total. The largest absolute Gasteiger partial charge is 0.294 e. The first-order valence-corrected chi connectivity index (χ1v) is 15.9. The molecule has 0 N–H and O–H groups in total. The van der Waals surface area contributed by atoms with Gasteiger partial charge in [0.15, 0.2) is 0 Å². The normalized spacial score (nSPS) is 15.0. The van der Waals surface area contributed by atoms with E-state index in [4.69, 9.17) is 4.98 Å². The van der Waals surface area contributed by atoms with Crippen LogP contribution in [0.4, 0.5) is 17.2 Å². The Bertz CT molecular complexity index is 2230. The van der Waals surface area contributed by atoms with E-state index in [1.54, 1.807) is 0 Å². The van der Waals surface area contributed by atoms with Crippen LogP contribution in [0.15, 0.2) is 133 Å². The van der Waals surface area contributed by atoms with Crippen LogP contribution in [0.3, 0.4) is 0 Å². The van der Waals surface area contributed by atoms with E-state index < -0.39 is 0 Å². The van der Waals surface area contributed by atoms with Crippen LogP contribution in [0.25, 0.3) is 43.9 Å². The van der Waals surface area contributed by atoms with Gasteiger partial charge < -0.3 is 0 Å². The first kappa shape index (κ1) is 26.2. The fourth-order valence-corrected chi connectivity index (χ4v) is 8.11. The molecule has 9 rings (SSSR count). The molecule has 216 valence electrons. The summed E-state index contributed by atoms with van der Waals surface area (Å²) < 4.78 is 0. The summed E-state index contributed by atoms with van der Waals surface area (Å²) in [7, 11) is 0. The number of nitrogens with zero attached hydrogens (tertiary/aromatic N) is 2. The van der Waals surface area contributed by atoms with Crippen molar-refractivity contribution in [2.24, 2.45) is 0 Å². The third kappa shape index (κ3) is 3.60. The van der Waals surface area contributed by atoms with E-state index in [0.717, 1.165) is 28.1 Å². The standard InChI is InChI=1S/C43H34N2/c1-42(2)36-18-10-7-14-30(36)32-23-21-27(25-38(32)42)45(41-35-17-6-5-13-29(35)34-16-9-12-20-40(34)44-41)28-22-24-33-31-15-8-11-19-37(31)43(3,4)39(33)26-28/h5-26H,1-4H3. The van der Waals surface area contributed by atoms with Crippen molar-refractivity contribution in [3.05, 3.63) is 156 Å². The molecule has 45 heavy (non-hydrogen) atoms. The highest BCUT2D eigenvalue weighted by Gasteiger charge is 2.38. The maximum atomic E-state index is 5.42. The number of hydrogen-bond donors (Lipinski definition) is 0. The molecule has 6 aromatic carbocycles. The summed E-state index contributed by atoms with van der Waals surface area (Å²) >= 11 is 0. The smallest absolute Gasteiger partial charge is 0.146 e. The Morgan fingerprint density at radius 2 is 0.867 bits per heavy atom. The number of hydrogen-bond acceptors (Lipinski definition) is 2. The molecule has 0 spiro atoms. The summed E-state index contributed by atoms with van der Waals surface area (Å²) in [5.41, 5.74) is 13.8. The van der Waals surface area contributed by atoms with Crippen molar-refractivity contribution in [1.82, 2.24) is 4.98 Å². The minimum absolute atomic E-state index is 0.103. The van der Waals surface area contributed by atoms with E-state index in [-0.39, 0.29) is 10.8 Å². The highest BCUT2D eigenvalue weighted by atomic mass is 15.2. The Hall–Kier alpha value is -5.21. The third-order valence-electron chi connectivity index (χ3n) is 10.5. The van der Waals surface area contributed by atoms with E-state index in [1.165, 1.54) is 55.3 Å². The van der Waals surface area contributed by atoms with Gasteiger partial charge in [0.2, 0.25) is 0 Å². The first-order valence-electron chi connectivity index (χ1n) is 15.9. The molecule has 0 amide bonds. The Morgan fingerprint density at radius 3 is 1.44 bits per heavy atom. The quantitative estimate of drug-likeness (QED) is 0.194. The molecule has 0 radical (unpaired) electrons. The summed E-state index contributed by atoms with van der Waals surface area (Å²) in [5, 5.41) is 3.53. The van der Waals surface area contributed by atoms with Crippen molar-refractivity contribution >= 4 is 38.9 Å². The zero-order valence-electron chi connectivity index (χ0n) is 26.1. The zero-order valence-corrected chi connectivity index (χ0v) is 26.1. The molecule has 2 heteroatoms. The van der Waals surface area contributed by atoms with Gasteiger partial charge in [-0.15, -0.1) is 0 Å². The molecule has 2 aliphatic carbocycles. The lowest BCUT2D eigenvalue weighted by Crippen LogP contribution is -2.18. The third-order valence-corrected chi connectivity index (χ3v) is 10.5. The van der Waals surface area contributed by atoms with Gasteiger partial charge in [0.1, 0.15) is 5.82 Å². The summed E-state index contributed by atoms with van der Waals surface area (Å²) in [6, 6.07) is 49.0. The maximum absolute atomic E-state index is 5.42. The second kappa shape index (κ2) is 9.15. The first-order chi connectivity index (χ1) is 21.8. The van der Waals surface area contributed by atoms with Crippen LogP contribution < -0.4 is 4.90 Å². The van der Waals surface area contributed by atoms with Gasteiger partial charge in [-0.25, -0.2) is 4.98 Å². The summed E-state index contributed by atoms with van der Waals surface area (Å²) in [6.07, 6.45) is 0. The molecular weight excluding hydrogens is 544 g/mol. The van der Waals surface area contributed by atoms with Crippen LogP contribution in [0.1, 0.15) is 49.9 Å². The molecule has 1 aromatic heterocycles. The molecule has 2 aliphatic rings. The van der Waals surface area contributed by atoms with E-state index >= 15 is 0 Å². The van der Waals surface area contributed by atoms with Gasteiger partial charge >= 0.3 is 0 Å². The maximum Gasteiger partial charge on any atom is 0.146 e. The molecule has 0 saturated heterocycles. The van der Waals surface area contributed by atoms with Crippen molar-refractivity contribution in [2.75, 3.05) is 4.90 Å². The average Bonchev–Trinajstić information content (AvgIpc) is 3.44. The Balaban J connectivity index is 1.33. The van der Waals surface area contributed by atoms with Gasteiger partial charge in [0, 0.05) is 33.0 Å². The van der Waals surface area contributed by atoms with Crippen molar-refractivity contribution in [3.8, 4) is 22.3 Å². The lowest BCUT2D eigenvalue weighted by atomic mass is 9.82. The van der Waals surface area contributed by atoms with Crippen LogP contribution in [0.5, 0.6) is 0 Å². The van der Waals surface area contributed by atoms with Gasteiger partial charge in [-0.3, -0.25) is 4.90 Å². The molecular formula is C43H34N2. The fraction of sp³-hybridized carbons (Fsp3) is 0.140. The van der Waals surface area contributed by atoms with Crippen molar-refractivity contribution in [3.63, 3.8) is 0 Å². The lowest BCUT2D eigenvalue weighted by Gasteiger charge is -2.30. The van der Waals surface area contributed by atoms with Gasteiger partial charge in [-0.05, 0) is 80.2 Å². The molecule has 7 aromatic rings. The van der Waals surface area contributed by atoms with Crippen LogP contribution in [-0.2, 0) is 10.8 Å². The van der Waals surface area contributed by atoms with E-state index in [2.05, 4.69) is 166 Å². The molecule has 0 saturated carbocycles. The van der Waals surface area contributed by atoms with Crippen molar-refractivity contribution in [1.29, 1.82) is 0 Å². The van der Waals surface area contributed by atoms with Crippen LogP contribution >= 0.6 is 0 Å². The molecule has 0 bridgehead atoms. The Morgan fingerprint density at radius 1 is 0.422 bits per heavy atom. The number of benzene rings is 6. The topological polar surface area (TPSA) is 16.1 Å². The summed E-state index contributed by atoms with van der Waals surface area (Å²) in [4.78, 5) is 7.82. The van der Waals surface area contributed by atoms with Gasteiger partial charge in [-0.1, -0.05) is 131 Å². The number of para-hydroxylation sites is 1.